The van der Waals surface area contributed by atoms with Gasteiger partial charge in [0, 0.05) is 12.1 Å². The van der Waals surface area contributed by atoms with Gasteiger partial charge in [-0.1, -0.05) is 17.2 Å². The van der Waals surface area contributed by atoms with Crippen LogP contribution in [0.4, 0.5) is 8.78 Å². The Morgan fingerprint density at radius 1 is 1.22 bits per heavy atom. The molecule has 1 heterocycles. The van der Waals surface area contributed by atoms with Gasteiger partial charge >= 0.3 is 0 Å². The largest absolute Gasteiger partial charge is 0.244 e. The van der Waals surface area contributed by atoms with E-state index in [2.05, 4.69) is 11.2 Å². The number of hydrogen-bond donors (Lipinski definition) is 0. The van der Waals surface area contributed by atoms with E-state index in [0.717, 1.165) is 51.9 Å². The van der Waals surface area contributed by atoms with E-state index in [1.807, 2.05) is 17.7 Å². The van der Waals surface area contributed by atoms with Crippen molar-refractivity contribution in [3.05, 3.63) is 81.6 Å². The number of benzene rings is 2. The number of aryl methyl sites for hydroxylation is 1. The molecule has 2 aromatic carbocycles. The van der Waals surface area contributed by atoms with Gasteiger partial charge < -0.3 is 0 Å². The van der Waals surface area contributed by atoms with Gasteiger partial charge in [0.25, 0.3) is 0 Å². The van der Waals surface area contributed by atoms with E-state index < -0.39 is 15.8 Å². The average molecular weight is 529 g/mol. The Hall–Kier alpha value is -3.06. The number of rotatable bonds is 6. The highest BCUT2D eigenvalue weighted by atomic mass is 35.5. The molecule has 0 radical (unpaired) electrons. The summed E-state index contributed by atoms with van der Waals surface area (Å²) >= 11 is 5.82. The Bertz CT molecular complexity index is 1510. The van der Waals surface area contributed by atoms with Crippen LogP contribution < -0.4 is 0 Å². The van der Waals surface area contributed by atoms with Crippen LogP contribution in [0.5, 0.6) is 0 Å². The fourth-order valence-corrected chi connectivity index (χ4v) is 6.93. The van der Waals surface area contributed by atoms with Crippen molar-refractivity contribution < 1.29 is 17.2 Å². The minimum Gasteiger partial charge on any atom is -0.233 e. The predicted molar refractivity (Wildman–Crippen MR) is 132 cm³/mol. The molecule has 0 spiro atoms. The summed E-state index contributed by atoms with van der Waals surface area (Å²) in [5.74, 6) is -0.886. The monoisotopic (exact) mass is 528 g/mol. The third-order valence-corrected chi connectivity index (χ3v) is 9.20. The SMILES string of the molecule is Cc1nn(-c2ccc(F)cc2)c2c1CC1C(=C2)CCC1CN(CC#N)S(=O)(=O)c1ccc(F)c(Cl)c1. The third kappa shape index (κ3) is 4.34. The van der Waals surface area contributed by atoms with Gasteiger partial charge in [-0.25, -0.2) is 21.9 Å². The first-order chi connectivity index (χ1) is 17.2. The molecule has 6 nitrogen and oxygen atoms in total. The number of halogens is 3. The maximum absolute atomic E-state index is 13.6. The maximum Gasteiger partial charge on any atom is 0.244 e. The average Bonchev–Trinajstić information content (AvgIpc) is 3.40. The summed E-state index contributed by atoms with van der Waals surface area (Å²) in [4.78, 5) is -0.139. The van der Waals surface area contributed by atoms with E-state index in [9.17, 15) is 22.5 Å². The molecule has 1 aromatic heterocycles. The van der Waals surface area contributed by atoms with Crippen LogP contribution in [0, 0.1) is 41.7 Å². The zero-order valence-electron chi connectivity index (χ0n) is 19.5. The standard InChI is InChI=1S/C26H23ClF2N4O2S/c1-16-22-14-23-17(12-26(22)33(31-16)20-6-4-19(28)5-7-20)2-3-18(23)15-32(11-10-30)36(34,35)21-8-9-25(29)24(27)13-21/h4-9,12-13,18,23H,2-3,11,14-15H2,1H3. The quantitative estimate of drug-likeness (QED) is 0.407. The van der Waals surface area contributed by atoms with Crippen molar-refractivity contribution in [3.8, 4) is 11.8 Å². The number of sulfonamides is 1. The Morgan fingerprint density at radius 3 is 2.67 bits per heavy atom. The normalized spacial score (nSPS) is 19.1. The van der Waals surface area contributed by atoms with Crippen molar-refractivity contribution in [2.24, 2.45) is 11.8 Å². The van der Waals surface area contributed by atoms with Gasteiger partial charge in [-0.2, -0.15) is 14.7 Å². The Labute approximate surface area is 213 Å². The fraction of sp³-hybridized carbons (Fsp3) is 0.308. The molecule has 0 N–H and O–H groups in total. The second-order valence-electron chi connectivity index (χ2n) is 9.20. The molecule has 2 aliphatic carbocycles. The lowest BCUT2D eigenvalue weighted by atomic mass is 9.82. The molecule has 2 aliphatic rings. The van der Waals surface area contributed by atoms with E-state index in [1.165, 1.54) is 23.8 Å². The molecule has 0 bridgehead atoms. The van der Waals surface area contributed by atoms with Crippen molar-refractivity contribution in [2.75, 3.05) is 13.1 Å². The summed E-state index contributed by atoms with van der Waals surface area (Å²) in [6.07, 6.45) is 4.42. The van der Waals surface area contributed by atoms with Crippen LogP contribution in [0.3, 0.4) is 0 Å². The molecule has 186 valence electrons. The fourth-order valence-electron chi connectivity index (χ4n) is 5.26. The molecule has 1 saturated carbocycles. The highest BCUT2D eigenvalue weighted by Crippen LogP contribution is 2.45. The first-order valence-corrected chi connectivity index (χ1v) is 13.4. The Balaban J connectivity index is 1.42. The Morgan fingerprint density at radius 2 is 1.97 bits per heavy atom. The van der Waals surface area contributed by atoms with Gasteiger partial charge in [-0.3, -0.25) is 0 Å². The van der Waals surface area contributed by atoms with Crippen molar-refractivity contribution >= 4 is 27.7 Å². The lowest BCUT2D eigenvalue weighted by Crippen LogP contribution is -2.37. The number of fused-ring (bicyclic) bond motifs is 2. The number of allylic oxidation sites excluding steroid dienone is 1. The minimum atomic E-state index is -4.04. The van der Waals surface area contributed by atoms with E-state index in [-0.39, 0.29) is 40.7 Å². The van der Waals surface area contributed by atoms with Crippen molar-refractivity contribution in [1.29, 1.82) is 5.26 Å². The molecule has 2 atom stereocenters. The third-order valence-electron chi connectivity index (χ3n) is 7.10. The van der Waals surface area contributed by atoms with Gasteiger partial charge in [0.05, 0.1) is 33.1 Å². The Kier molecular flexibility index (Phi) is 6.45. The van der Waals surface area contributed by atoms with Crippen LogP contribution in [0.1, 0.15) is 29.8 Å². The first-order valence-electron chi connectivity index (χ1n) is 11.6. The molecule has 1 fully saturated rings. The van der Waals surface area contributed by atoms with Crippen LogP contribution >= 0.6 is 11.6 Å². The smallest absolute Gasteiger partial charge is 0.233 e. The molecule has 0 amide bonds. The highest BCUT2D eigenvalue weighted by Gasteiger charge is 2.39. The summed E-state index contributed by atoms with van der Waals surface area (Å²) in [7, 11) is -4.04. The lowest BCUT2D eigenvalue weighted by molar-refractivity contribution is 0.317. The topological polar surface area (TPSA) is 79.0 Å². The summed E-state index contributed by atoms with van der Waals surface area (Å²) < 4.78 is 56.6. The molecule has 3 aromatic rings. The summed E-state index contributed by atoms with van der Waals surface area (Å²) in [5, 5.41) is 13.8. The van der Waals surface area contributed by atoms with Crippen LogP contribution in [-0.4, -0.2) is 35.6 Å². The first kappa shape index (κ1) is 24.6. The van der Waals surface area contributed by atoms with E-state index in [0.29, 0.717) is 6.42 Å². The van der Waals surface area contributed by atoms with Crippen molar-refractivity contribution in [2.45, 2.75) is 31.1 Å². The van der Waals surface area contributed by atoms with E-state index in [4.69, 9.17) is 11.6 Å². The second-order valence-corrected chi connectivity index (χ2v) is 11.5. The number of hydrogen-bond acceptors (Lipinski definition) is 4. The van der Waals surface area contributed by atoms with Crippen LogP contribution in [0.2, 0.25) is 5.02 Å². The maximum atomic E-state index is 13.6. The summed E-state index contributed by atoms with van der Waals surface area (Å²) in [6.45, 7) is 1.80. The lowest BCUT2D eigenvalue weighted by Gasteiger charge is -2.29. The zero-order valence-corrected chi connectivity index (χ0v) is 21.0. The van der Waals surface area contributed by atoms with Crippen LogP contribution in [0.25, 0.3) is 11.8 Å². The molecule has 5 rings (SSSR count). The minimum absolute atomic E-state index is 0.0111. The summed E-state index contributed by atoms with van der Waals surface area (Å²) in [6, 6.07) is 11.4. The van der Waals surface area contributed by atoms with Crippen molar-refractivity contribution in [1.82, 2.24) is 14.1 Å². The van der Waals surface area contributed by atoms with Gasteiger partial charge in [0.2, 0.25) is 10.0 Å². The summed E-state index contributed by atoms with van der Waals surface area (Å²) in [5.41, 5.74) is 4.91. The zero-order chi connectivity index (χ0) is 25.6. The van der Waals surface area contributed by atoms with Gasteiger partial charge in [0.1, 0.15) is 18.2 Å². The molecular weight excluding hydrogens is 506 g/mol. The number of aromatic nitrogens is 2. The molecule has 36 heavy (non-hydrogen) atoms. The van der Waals surface area contributed by atoms with E-state index >= 15 is 0 Å². The molecule has 2 unspecified atom stereocenters. The van der Waals surface area contributed by atoms with Crippen molar-refractivity contribution in [3.63, 3.8) is 0 Å². The molecule has 0 aliphatic heterocycles. The molecule has 0 saturated heterocycles. The number of nitriles is 1. The molecular formula is C26H23ClF2N4O2S. The van der Waals surface area contributed by atoms with Crippen LogP contribution in [0.15, 0.2) is 52.9 Å². The van der Waals surface area contributed by atoms with Gasteiger partial charge in [-0.05, 0) is 86.6 Å². The highest BCUT2D eigenvalue weighted by molar-refractivity contribution is 7.89. The van der Waals surface area contributed by atoms with Gasteiger partial charge in [0.15, 0.2) is 0 Å². The predicted octanol–water partition coefficient (Wildman–Crippen LogP) is 5.29. The second kappa shape index (κ2) is 9.43. The van der Waals surface area contributed by atoms with Gasteiger partial charge in [-0.15, -0.1) is 0 Å². The number of nitrogens with zero attached hydrogens (tertiary/aromatic N) is 4. The van der Waals surface area contributed by atoms with E-state index in [1.54, 1.807) is 12.1 Å². The van der Waals surface area contributed by atoms with Crippen LogP contribution in [-0.2, 0) is 16.4 Å². The molecule has 10 heteroatoms.